The number of ether oxygens (including phenoxy) is 1. The number of hydrogen-bond acceptors (Lipinski definition) is 4. The summed E-state index contributed by atoms with van der Waals surface area (Å²) in [7, 11) is 1.68. The Kier molecular flexibility index (Phi) is 5.42. The second-order valence-electron chi connectivity index (χ2n) is 7.15. The fourth-order valence-corrected chi connectivity index (χ4v) is 3.93. The van der Waals surface area contributed by atoms with E-state index in [0.29, 0.717) is 12.8 Å². The number of carbonyl (C=O) groups excluding carboxylic acids is 1. The molecule has 1 amide bonds. The third-order valence-corrected chi connectivity index (χ3v) is 5.35. The molecule has 1 saturated heterocycles. The molecule has 1 aliphatic rings. The minimum Gasteiger partial charge on any atom is -0.496 e. The zero-order chi connectivity index (χ0) is 19.3. The van der Waals surface area contributed by atoms with Gasteiger partial charge in [0, 0.05) is 37.3 Å². The molecule has 5 heteroatoms. The Morgan fingerprint density at radius 2 is 2.04 bits per heavy atom. The summed E-state index contributed by atoms with van der Waals surface area (Å²) < 4.78 is 5.54. The van der Waals surface area contributed by atoms with Gasteiger partial charge in [0.15, 0.2) is 0 Å². The van der Waals surface area contributed by atoms with E-state index in [1.165, 1.54) is 5.39 Å². The number of nitrogens with zero attached hydrogens (tertiary/aromatic N) is 2. The number of anilines is 1. The Morgan fingerprint density at radius 3 is 2.86 bits per heavy atom. The standard InChI is InChI=1S/C23H25N3O2/c1-28-21-11-9-17-6-2-3-7-19(17)20(21)10-12-23(27)25-18-13-15-26(16-18)22-8-4-5-14-24-22/h2-9,11,14,18H,10,12-13,15-16H2,1H3,(H,25,27). The van der Waals surface area contributed by atoms with Crippen LogP contribution in [0.15, 0.2) is 60.8 Å². The van der Waals surface area contributed by atoms with E-state index in [1.807, 2.05) is 36.4 Å². The van der Waals surface area contributed by atoms with Crippen molar-refractivity contribution >= 4 is 22.5 Å². The van der Waals surface area contributed by atoms with Crippen LogP contribution in [0, 0.1) is 0 Å². The van der Waals surface area contributed by atoms with E-state index < -0.39 is 0 Å². The fourth-order valence-electron chi connectivity index (χ4n) is 3.93. The molecule has 1 atom stereocenters. The average Bonchev–Trinajstić information content (AvgIpc) is 3.21. The third kappa shape index (κ3) is 3.93. The number of aromatic nitrogens is 1. The zero-order valence-electron chi connectivity index (χ0n) is 16.1. The van der Waals surface area contributed by atoms with Gasteiger partial charge in [-0.05, 0) is 41.8 Å². The largest absolute Gasteiger partial charge is 0.496 e. The fraction of sp³-hybridized carbons (Fsp3) is 0.304. The zero-order valence-corrected chi connectivity index (χ0v) is 16.1. The molecule has 28 heavy (non-hydrogen) atoms. The maximum absolute atomic E-state index is 12.6. The number of fused-ring (bicyclic) bond motifs is 1. The molecule has 0 saturated carbocycles. The van der Waals surface area contributed by atoms with Crippen molar-refractivity contribution < 1.29 is 9.53 Å². The van der Waals surface area contributed by atoms with Crippen molar-refractivity contribution in [2.45, 2.75) is 25.3 Å². The SMILES string of the molecule is COc1ccc2ccccc2c1CCC(=O)NC1CCN(c2ccccn2)C1. The number of hydrogen-bond donors (Lipinski definition) is 1. The van der Waals surface area contributed by atoms with Gasteiger partial charge in [0.25, 0.3) is 0 Å². The highest BCUT2D eigenvalue weighted by Crippen LogP contribution is 2.29. The second-order valence-corrected chi connectivity index (χ2v) is 7.15. The van der Waals surface area contributed by atoms with Crippen molar-refractivity contribution in [2.24, 2.45) is 0 Å². The molecule has 2 heterocycles. The lowest BCUT2D eigenvalue weighted by Crippen LogP contribution is -2.37. The Bertz CT molecular complexity index is 958. The maximum atomic E-state index is 12.6. The summed E-state index contributed by atoms with van der Waals surface area (Å²) in [4.78, 5) is 19.2. The first kappa shape index (κ1) is 18.3. The van der Waals surface area contributed by atoms with E-state index in [4.69, 9.17) is 4.74 Å². The van der Waals surface area contributed by atoms with Crippen LogP contribution in [-0.2, 0) is 11.2 Å². The Morgan fingerprint density at radius 1 is 1.18 bits per heavy atom. The summed E-state index contributed by atoms with van der Waals surface area (Å²) in [5.41, 5.74) is 1.09. The molecule has 3 aromatic rings. The molecular weight excluding hydrogens is 350 g/mol. The number of carbonyl (C=O) groups is 1. The van der Waals surface area contributed by atoms with E-state index in [1.54, 1.807) is 13.3 Å². The van der Waals surface area contributed by atoms with Gasteiger partial charge in [-0.2, -0.15) is 0 Å². The molecule has 1 N–H and O–H groups in total. The summed E-state index contributed by atoms with van der Waals surface area (Å²) in [5, 5.41) is 5.50. The first-order chi connectivity index (χ1) is 13.7. The monoisotopic (exact) mass is 375 g/mol. The van der Waals surface area contributed by atoms with Crippen molar-refractivity contribution in [3.63, 3.8) is 0 Å². The summed E-state index contributed by atoms with van der Waals surface area (Å²) in [6.07, 6.45) is 3.86. The highest BCUT2D eigenvalue weighted by atomic mass is 16.5. The first-order valence-electron chi connectivity index (χ1n) is 9.74. The van der Waals surface area contributed by atoms with Crippen molar-refractivity contribution in [1.82, 2.24) is 10.3 Å². The number of pyridine rings is 1. The van der Waals surface area contributed by atoms with Crippen LogP contribution in [0.2, 0.25) is 0 Å². The molecule has 0 spiro atoms. The van der Waals surface area contributed by atoms with Crippen LogP contribution >= 0.6 is 0 Å². The van der Waals surface area contributed by atoms with Crippen LogP contribution in [0.1, 0.15) is 18.4 Å². The van der Waals surface area contributed by atoms with Crippen molar-refractivity contribution in [3.05, 3.63) is 66.4 Å². The number of nitrogens with one attached hydrogen (secondary N) is 1. The summed E-state index contributed by atoms with van der Waals surface area (Å²) >= 11 is 0. The molecule has 1 aliphatic heterocycles. The molecule has 1 unspecified atom stereocenters. The molecule has 2 aromatic carbocycles. The summed E-state index contributed by atoms with van der Waals surface area (Å²) in [5.74, 6) is 1.90. The van der Waals surface area contributed by atoms with Gasteiger partial charge < -0.3 is 15.0 Å². The normalized spacial score (nSPS) is 16.3. The van der Waals surface area contributed by atoms with Gasteiger partial charge in [-0.3, -0.25) is 4.79 Å². The van der Waals surface area contributed by atoms with Crippen LogP contribution in [-0.4, -0.2) is 37.1 Å². The van der Waals surface area contributed by atoms with Crippen molar-refractivity contribution in [1.29, 1.82) is 0 Å². The Balaban J connectivity index is 1.37. The van der Waals surface area contributed by atoms with Crippen molar-refractivity contribution in [2.75, 3.05) is 25.1 Å². The number of methoxy groups -OCH3 is 1. The maximum Gasteiger partial charge on any atom is 0.220 e. The second kappa shape index (κ2) is 8.30. The molecule has 4 rings (SSSR count). The predicted molar refractivity (Wildman–Crippen MR) is 112 cm³/mol. The van der Waals surface area contributed by atoms with Crippen LogP contribution in [0.3, 0.4) is 0 Å². The van der Waals surface area contributed by atoms with Gasteiger partial charge in [-0.1, -0.05) is 36.4 Å². The van der Waals surface area contributed by atoms with E-state index in [2.05, 4.69) is 33.4 Å². The highest BCUT2D eigenvalue weighted by Gasteiger charge is 2.24. The van der Waals surface area contributed by atoms with Crippen LogP contribution in [0.5, 0.6) is 5.75 Å². The smallest absolute Gasteiger partial charge is 0.220 e. The molecule has 0 bridgehead atoms. The minimum absolute atomic E-state index is 0.0860. The first-order valence-corrected chi connectivity index (χ1v) is 9.74. The van der Waals surface area contributed by atoms with E-state index in [9.17, 15) is 4.79 Å². The quantitative estimate of drug-likeness (QED) is 0.716. The molecule has 1 aromatic heterocycles. The van der Waals surface area contributed by atoms with Crippen LogP contribution in [0.25, 0.3) is 10.8 Å². The van der Waals surface area contributed by atoms with Gasteiger partial charge in [0.05, 0.1) is 7.11 Å². The summed E-state index contributed by atoms with van der Waals surface area (Å²) in [6.45, 7) is 1.72. The Hall–Kier alpha value is -3.08. The molecule has 144 valence electrons. The van der Waals surface area contributed by atoms with E-state index in [-0.39, 0.29) is 11.9 Å². The molecule has 1 fully saturated rings. The van der Waals surface area contributed by atoms with Crippen molar-refractivity contribution in [3.8, 4) is 5.75 Å². The van der Waals surface area contributed by atoms with Gasteiger partial charge in [-0.25, -0.2) is 4.98 Å². The van der Waals surface area contributed by atoms with Gasteiger partial charge in [0.2, 0.25) is 5.91 Å². The van der Waals surface area contributed by atoms with Gasteiger partial charge in [-0.15, -0.1) is 0 Å². The van der Waals surface area contributed by atoms with E-state index >= 15 is 0 Å². The van der Waals surface area contributed by atoms with Crippen LogP contribution in [0.4, 0.5) is 5.82 Å². The lowest BCUT2D eigenvalue weighted by Gasteiger charge is -2.18. The topological polar surface area (TPSA) is 54.5 Å². The lowest BCUT2D eigenvalue weighted by molar-refractivity contribution is -0.121. The molecular formula is C23H25N3O2. The number of amides is 1. The summed E-state index contributed by atoms with van der Waals surface area (Å²) in [6, 6.07) is 18.4. The average molecular weight is 375 g/mol. The number of aryl methyl sites for hydroxylation is 1. The molecule has 0 aliphatic carbocycles. The highest BCUT2D eigenvalue weighted by molar-refractivity contribution is 5.88. The number of benzene rings is 2. The minimum atomic E-state index is 0.0860. The predicted octanol–water partition coefficient (Wildman–Crippen LogP) is 3.57. The number of rotatable bonds is 6. The van der Waals surface area contributed by atoms with Crippen LogP contribution < -0.4 is 15.0 Å². The van der Waals surface area contributed by atoms with Gasteiger partial charge >= 0.3 is 0 Å². The van der Waals surface area contributed by atoms with E-state index in [0.717, 1.165) is 42.0 Å². The van der Waals surface area contributed by atoms with Gasteiger partial charge in [0.1, 0.15) is 11.6 Å². The molecule has 0 radical (unpaired) electrons. The molecule has 5 nitrogen and oxygen atoms in total. The Labute approximate surface area is 165 Å². The lowest BCUT2D eigenvalue weighted by atomic mass is 9.99. The third-order valence-electron chi connectivity index (χ3n) is 5.35.